The van der Waals surface area contributed by atoms with Crippen molar-refractivity contribution in [3.63, 3.8) is 0 Å². The third-order valence-corrected chi connectivity index (χ3v) is 5.97. The maximum absolute atomic E-state index is 12.7. The maximum atomic E-state index is 12.7. The number of benzene rings is 2. The normalized spacial score (nSPS) is 15.4. The van der Waals surface area contributed by atoms with E-state index in [4.69, 9.17) is 21.1 Å². The molecule has 0 saturated carbocycles. The fraction of sp³-hybridized carbons (Fsp3) is 0.250. The van der Waals surface area contributed by atoms with Gasteiger partial charge in [0.25, 0.3) is 17.1 Å². The SMILES string of the molecule is CCOC(=O)[C@H](C)N1C(=O)S/C(=C/c2ccc(OCC(=O)Nc3ccc(C)cc3)c(Cl)c2)C1=O. The molecule has 0 bridgehead atoms. The van der Waals surface area contributed by atoms with Gasteiger partial charge in [-0.1, -0.05) is 35.4 Å². The highest BCUT2D eigenvalue weighted by Gasteiger charge is 2.41. The number of anilines is 1. The monoisotopic (exact) mass is 502 g/mol. The van der Waals surface area contributed by atoms with Gasteiger partial charge in [0.15, 0.2) is 6.61 Å². The van der Waals surface area contributed by atoms with Crippen LogP contribution >= 0.6 is 23.4 Å². The summed E-state index contributed by atoms with van der Waals surface area (Å²) in [5.41, 5.74) is 2.29. The van der Waals surface area contributed by atoms with Crippen molar-refractivity contribution in [3.8, 4) is 5.75 Å². The first-order valence-corrected chi connectivity index (χ1v) is 11.6. The summed E-state index contributed by atoms with van der Waals surface area (Å²) in [5.74, 6) is -1.28. The number of imide groups is 1. The van der Waals surface area contributed by atoms with Gasteiger partial charge in [0.1, 0.15) is 11.8 Å². The van der Waals surface area contributed by atoms with Gasteiger partial charge in [-0.2, -0.15) is 0 Å². The Balaban J connectivity index is 1.63. The first-order valence-electron chi connectivity index (χ1n) is 10.4. The second kappa shape index (κ2) is 11.2. The Bertz CT molecular complexity index is 1150. The van der Waals surface area contributed by atoms with Gasteiger partial charge in [-0.15, -0.1) is 0 Å². The van der Waals surface area contributed by atoms with Gasteiger partial charge < -0.3 is 14.8 Å². The molecule has 2 aromatic carbocycles. The van der Waals surface area contributed by atoms with Crippen LogP contribution in [0.4, 0.5) is 10.5 Å². The summed E-state index contributed by atoms with van der Waals surface area (Å²) in [6.07, 6.45) is 1.50. The largest absolute Gasteiger partial charge is 0.482 e. The van der Waals surface area contributed by atoms with Gasteiger partial charge in [-0.25, -0.2) is 4.79 Å². The van der Waals surface area contributed by atoms with Crippen LogP contribution in [0.15, 0.2) is 47.4 Å². The molecular weight excluding hydrogens is 480 g/mol. The molecule has 0 aliphatic carbocycles. The molecule has 1 heterocycles. The summed E-state index contributed by atoms with van der Waals surface area (Å²) in [7, 11) is 0. The fourth-order valence-electron chi connectivity index (χ4n) is 3.03. The molecule has 3 rings (SSSR count). The summed E-state index contributed by atoms with van der Waals surface area (Å²) in [4.78, 5) is 50.1. The number of hydrogen-bond donors (Lipinski definition) is 1. The van der Waals surface area contributed by atoms with Gasteiger partial charge in [-0.3, -0.25) is 19.3 Å². The Morgan fingerprint density at radius 1 is 1.18 bits per heavy atom. The lowest BCUT2D eigenvalue weighted by molar-refractivity contribution is -0.150. The Labute approximate surface area is 206 Å². The van der Waals surface area contributed by atoms with Crippen LogP contribution in [0.25, 0.3) is 6.08 Å². The van der Waals surface area contributed by atoms with E-state index in [1.807, 2.05) is 19.1 Å². The summed E-state index contributed by atoms with van der Waals surface area (Å²) in [6, 6.07) is 11.1. The first-order chi connectivity index (χ1) is 16.2. The van der Waals surface area contributed by atoms with Gasteiger partial charge in [-0.05, 0) is 68.4 Å². The molecule has 1 N–H and O–H groups in total. The van der Waals surface area contributed by atoms with Crippen molar-refractivity contribution >= 4 is 58.1 Å². The van der Waals surface area contributed by atoms with Crippen molar-refractivity contribution in [2.24, 2.45) is 0 Å². The standard InChI is InChI=1S/C24H23ClN2O6S/c1-4-32-23(30)15(3)27-22(29)20(34-24(27)31)12-16-7-10-19(18(25)11-16)33-13-21(28)26-17-8-5-14(2)6-9-17/h5-12,15H,4,13H2,1-3H3,(H,26,28)/b20-12+/t15-/m0/s1. The van der Waals surface area contributed by atoms with E-state index < -0.39 is 23.2 Å². The molecular formula is C24H23ClN2O6S. The lowest BCUT2D eigenvalue weighted by Crippen LogP contribution is -2.42. The third-order valence-electron chi connectivity index (χ3n) is 4.79. The third kappa shape index (κ3) is 6.18. The Morgan fingerprint density at radius 2 is 1.88 bits per heavy atom. The molecule has 1 aliphatic rings. The number of nitrogens with zero attached hydrogens (tertiary/aromatic N) is 1. The molecule has 1 fully saturated rings. The van der Waals surface area contributed by atoms with Gasteiger partial charge >= 0.3 is 5.97 Å². The summed E-state index contributed by atoms with van der Waals surface area (Å²) >= 11 is 7.01. The van der Waals surface area contributed by atoms with E-state index in [1.54, 1.807) is 37.3 Å². The minimum atomic E-state index is -1.02. The lowest BCUT2D eigenvalue weighted by Gasteiger charge is -2.19. The van der Waals surface area contributed by atoms with Gasteiger partial charge in [0.05, 0.1) is 16.5 Å². The molecule has 178 valence electrons. The first kappa shape index (κ1) is 25.3. The van der Waals surface area contributed by atoms with Crippen LogP contribution in [0.3, 0.4) is 0 Å². The van der Waals surface area contributed by atoms with E-state index in [0.29, 0.717) is 17.0 Å². The van der Waals surface area contributed by atoms with Crippen molar-refractivity contribution in [1.29, 1.82) is 0 Å². The topological polar surface area (TPSA) is 102 Å². The second-order valence-corrected chi connectivity index (χ2v) is 8.77. The molecule has 8 nitrogen and oxygen atoms in total. The predicted octanol–water partition coefficient (Wildman–Crippen LogP) is 4.65. The number of amides is 3. The lowest BCUT2D eigenvalue weighted by atomic mass is 10.2. The highest BCUT2D eigenvalue weighted by molar-refractivity contribution is 8.18. The number of halogens is 1. The highest BCUT2D eigenvalue weighted by Crippen LogP contribution is 2.35. The van der Waals surface area contributed by atoms with Crippen molar-refractivity contribution in [1.82, 2.24) is 4.90 Å². The van der Waals surface area contributed by atoms with E-state index in [1.165, 1.54) is 13.0 Å². The van der Waals surface area contributed by atoms with Gasteiger partial charge in [0.2, 0.25) is 0 Å². The van der Waals surface area contributed by atoms with E-state index in [2.05, 4.69) is 5.32 Å². The zero-order chi connectivity index (χ0) is 24.8. The van der Waals surface area contributed by atoms with Crippen molar-refractivity contribution < 1.29 is 28.7 Å². The zero-order valence-electron chi connectivity index (χ0n) is 18.8. The smallest absolute Gasteiger partial charge is 0.329 e. The van der Waals surface area contributed by atoms with Crippen molar-refractivity contribution in [2.45, 2.75) is 26.8 Å². The molecule has 1 atom stereocenters. The van der Waals surface area contributed by atoms with Crippen LogP contribution in [0, 0.1) is 6.92 Å². The number of aryl methyl sites for hydroxylation is 1. The van der Waals surface area contributed by atoms with Crippen LogP contribution in [-0.4, -0.2) is 47.2 Å². The van der Waals surface area contributed by atoms with E-state index in [-0.39, 0.29) is 29.0 Å². The molecule has 0 aromatic heterocycles. The van der Waals surface area contributed by atoms with Crippen LogP contribution in [-0.2, 0) is 19.1 Å². The minimum absolute atomic E-state index is 0.149. The molecule has 0 unspecified atom stereocenters. The van der Waals surface area contributed by atoms with Crippen LogP contribution < -0.4 is 10.1 Å². The van der Waals surface area contributed by atoms with E-state index in [9.17, 15) is 19.2 Å². The molecule has 1 aliphatic heterocycles. The highest BCUT2D eigenvalue weighted by atomic mass is 35.5. The maximum Gasteiger partial charge on any atom is 0.329 e. The average Bonchev–Trinajstić information content (AvgIpc) is 3.07. The number of carbonyl (C=O) groups excluding carboxylic acids is 4. The Morgan fingerprint density at radius 3 is 2.53 bits per heavy atom. The van der Waals surface area contributed by atoms with Crippen LogP contribution in [0.1, 0.15) is 25.0 Å². The Kier molecular flexibility index (Phi) is 8.36. The van der Waals surface area contributed by atoms with Gasteiger partial charge in [0, 0.05) is 5.69 Å². The minimum Gasteiger partial charge on any atom is -0.482 e. The molecule has 34 heavy (non-hydrogen) atoms. The van der Waals surface area contributed by atoms with E-state index >= 15 is 0 Å². The zero-order valence-corrected chi connectivity index (χ0v) is 20.4. The summed E-state index contributed by atoms with van der Waals surface area (Å²) in [5, 5.41) is 2.41. The number of hydrogen-bond acceptors (Lipinski definition) is 7. The Hall–Kier alpha value is -3.30. The molecule has 2 aromatic rings. The van der Waals surface area contributed by atoms with Crippen molar-refractivity contribution in [3.05, 3.63) is 63.5 Å². The van der Waals surface area contributed by atoms with Crippen molar-refractivity contribution in [2.75, 3.05) is 18.5 Å². The summed E-state index contributed by atoms with van der Waals surface area (Å²) < 4.78 is 10.4. The number of ether oxygens (including phenoxy) is 2. The number of thioether (sulfide) groups is 1. The molecule has 0 spiro atoms. The van der Waals surface area contributed by atoms with Crippen LogP contribution in [0.5, 0.6) is 5.75 Å². The van der Waals surface area contributed by atoms with E-state index in [0.717, 1.165) is 22.2 Å². The number of carbonyl (C=O) groups is 4. The molecule has 0 radical (unpaired) electrons. The predicted molar refractivity (Wildman–Crippen MR) is 131 cm³/mol. The number of nitrogens with one attached hydrogen (secondary N) is 1. The molecule has 10 heteroatoms. The molecule has 1 saturated heterocycles. The summed E-state index contributed by atoms with van der Waals surface area (Å²) in [6.45, 7) is 4.95. The fourth-order valence-corrected chi connectivity index (χ4v) is 4.19. The number of rotatable bonds is 8. The second-order valence-electron chi connectivity index (χ2n) is 7.37. The quantitative estimate of drug-likeness (QED) is 0.414. The number of esters is 1. The average molecular weight is 503 g/mol. The molecule has 3 amide bonds. The van der Waals surface area contributed by atoms with Crippen LogP contribution in [0.2, 0.25) is 5.02 Å².